The molecule has 0 bridgehead atoms. The minimum absolute atomic E-state index is 0.00215. The van der Waals surface area contributed by atoms with Gasteiger partial charge >= 0.3 is 0 Å². The number of amides is 1. The minimum Gasteiger partial charge on any atom is -0.322 e. The van der Waals surface area contributed by atoms with Crippen LogP contribution in [0.4, 0.5) is 5.69 Å². The molecule has 1 aliphatic rings. The third-order valence-electron chi connectivity index (χ3n) is 4.28. The molecule has 1 aromatic heterocycles. The Bertz CT molecular complexity index is 1160. The molecule has 2 N–H and O–H groups in total. The molecule has 0 spiro atoms. The van der Waals surface area contributed by atoms with Crippen molar-refractivity contribution < 1.29 is 13.2 Å². The lowest BCUT2D eigenvalue weighted by Crippen LogP contribution is -2.26. The van der Waals surface area contributed by atoms with E-state index >= 15 is 0 Å². The summed E-state index contributed by atoms with van der Waals surface area (Å²) in [7, 11) is -3.63. The number of carbonyl (C=O) groups is 1. The molecule has 0 aliphatic heterocycles. The van der Waals surface area contributed by atoms with E-state index in [1.165, 1.54) is 23.9 Å². The molecule has 1 saturated carbocycles. The molecule has 4 rings (SSSR count). The molecule has 1 fully saturated rings. The Balaban J connectivity index is 1.54. The summed E-state index contributed by atoms with van der Waals surface area (Å²) in [6.45, 7) is 0. The van der Waals surface area contributed by atoms with Gasteiger partial charge in [-0.3, -0.25) is 4.79 Å². The quantitative estimate of drug-likeness (QED) is 0.551. The van der Waals surface area contributed by atoms with Crippen LogP contribution in [0, 0.1) is 0 Å². The van der Waals surface area contributed by atoms with Crippen molar-refractivity contribution in [3.8, 4) is 5.69 Å². The average Bonchev–Trinajstić information content (AvgIpc) is 3.39. The monoisotopic (exact) mass is 430 g/mol. The maximum Gasteiger partial charge on any atom is 0.255 e. The van der Waals surface area contributed by atoms with Gasteiger partial charge in [-0.1, -0.05) is 23.9 Å². The number of sulfonamides is 1. The maximum absolute atomic E-state index is 12.7. The van der Waals surface area contributed by atoms with Crippen molar-refractivity contribution in [2.75, 3.05) is 11.6 Å². The predicted molar refractivity (Wildman–Crippen MR) is 109 cm³/mol. The summed E-state index contributed by atoms with van der Waals surface area (Å²) in [6.07, 6.45) is 3.55. The molecule has 150 valence electrons. The fourth-order valence-corrected chi connectivity index (χ4v) is 4.46. The Morgan fingerprint density at radius 3 is 2.72 bits per heavy atom. The lowest BCUT2D eigenvalue weighted by atomic mass is 10.2. The second kappa shape index (κ2) is 7.93. The number of hydrogen-bond acceptors (Lipinski definition) is 7. The first-order chi connectivity index (χ1) is 14.0. The number of benzene rings is 2. The zero-order valence-corrected chi connectivity index (χ0v) is 17.1. The van der Waals surface area contributed by atoms with Crippen molar-refractivity contribution in [2.45, 2.75) is 28.9 Å². The second-order valence-electron chi connectivity index (χ2n) is 6.51. The Morgan fingerprint density at radius 2 is 1.97 bits per heavy atom. The zero-order valence-electron chi connectivity index (χ0n) is 15.4. The van der Waals surface area contributed by atoms with Gasteiger partial charge in [0.1, 0.15) is 0 Å². The molecule has 1 heterocycles. The summed E-state index contributed by atoms with van der Waals surface area (Å²) in [5.41, 5.74) is 1.49. The van der Waals surface area contributed by atoms with Crippen LogP contribution in [-0.2, 0) is 10.0 Å². The summed E-state index contributed by atoms with van der Waals surface area (Å²) in [6, 6.07) is 13.0. The fraction of sp³-hybridized carbons (Fsp3) is 0.222. The second-order valence-corrected chi connectivity index (χ2v) is 8.99. The van der Waals surface area contributed by atoms with Crippen LogP contribution in [-0.4, -0.2) is 46.8 Å². The number of nitrogens with zero attached hydrogens (tertiary/aromatic N) is 4. The van der Waals surface area contributed by atoms with E-state index in [0.717, 1.165) is 12.8 Å². The van der Waals surface area contributed by atoms with Crippen LogP contribution >= 0.6 is 11.8 Å². The normalized spacial score (nSPS) is 14.0. The largest absolute Gasteiger partial charge is 0.322 e. The van der Waals surface area contributed by atoms with Crippen LogP contribution in [0.15, 0.2) is 58.6 Å². The van der Waals surface area contributed by atoms with Gasteiger partial charge in [0.15, 0.2) is 0 Å². The van der Waals surface area contributed by atoms with Crippen LogP contribution in [0.5, 0.6) is 0 Å². The Labute approximate surface area is 171 Å². The van der Waals surface area contributed by atoms with Gasteiger partial charge in [-0.25, -0.2) is 13.1 Å². The van der Waals surface area contributed by atoms with Crippen molar-refractivity contribution in [2.24, 2.45) is 0 Å². The number of carbonyl (C=O) groups excluding carboxylic acids is 1. The highest BCUT2D eigenvalue weighted by atomic mass is 32.2. The van der Waals surface area contributed by atoms with E-state index in [1.54, 1.807) is 35.0 Å². The predicted octanol–water partition coefficient (Wildman–Crippen LogP) is 2.08. The topological polar surface area (TPSA) is 119 Å². The van der Waals surface area contributed by atoms with Crippen LogP contribution in [0.2, 0.25) is 0 Å². The first-order valence-electron chi connectivity index (χ1n) is 8.83. The van der Waals surface area contributed by atoms with Crippen LogP contribution in [0.25, 0.3) is 5.69 Å². The van der Waals surface area contributed by atoms with Crippen molar-refractivity contribution in [3.05, 3.63) is 54.1 Å². The number of nitrogens with one attached hydrogen (secondary N) is 2. The molecule has 29 heavy (non-hydrogen) atoms. The number of hydrogen-bond donors (Lipinski definition) is 2. The van der Waals surface area contributed by atoms with Gasteiger partial charge in [-0.15, -0.1) is 5.10 Å². The van der Waals surface area contributed by atoms with Crippen LogP contribution in [0.3, 0.4) is 0 Å². The minimum atomic E-state index is -3.63. The van der Waals surface area contributed by atoms with E-state index in [0.29, 0.717) is 16.5 Å². The molecular formula is C18H18N6O3S2. The highest BCUT2D eigenvalue weighted by molar-refractivity contribution is 7.98. The van der Waals surface area contributed by atoms with Gasteiger partial charge in [0.25, 0.3) is 5.91 Å². The fourth-order valence-electron chi connectivity index (χ4n) is 2.68. The zero-order chi connectivity index (χ0) is 20.4. The smallest absolute Gasteiger partial charge is 0.255 e. The van der Waals surface area contributed by atoms with Gasteiger partial charge in [0.2, 0.25) is 15.2 Å². The molecule has 0 unspecified atom stereocenters. The van der Waals surface area contributed by atoms with Crippen molar-refractivity contribution >= 4 is 33.4 Å². The van der Waals surface area contributed by atoms with Crippen LogP contribution < -0.4 is 10.0 Å². The lowest BCUT2D eigenvalue weighted by Gasteiger charge is -2.10. The molecule has 0 saturated heterocycles. The Kier molecular flexibility index (Phi) is 5.35. The summed E-state index contributed by atoms with van der Waals surface area (Å²) in [5.74, 6) is -0.410. The van der Waals surface area contributed by atoms with E-state index in [4.69, 9.17) is 0 Å². The highest BCUT2D eigenvalue weighted by Crippen LogP contribution is 2.23. The van der Waals surface area contributed by atoms with Gasteiger partial charge in [-0.05, 0) is 65.9 Å². The van der Waals surface area contributed by atoms with E-state index in [1.807, 2.05) is 12.3 Å². The van der Waals surface area contributed by atoms with Crippen molar-refractivity contribution in [3.63, 3.8) is 0 Å². The molecular weight excluding hydrogens is 412 g/mol. The molecule has 11 heteroatoms. The highest BCUT2D eigenvalue weighted by Gasteiger charge is 2.28. The summed E-state index contributed by atoms with van der Waals surface area (Å²) in [4.78, 5) is 12.7. The molecule has 1 amide bonds. The van der Waals surface area contributed by atoms with Crippen molar-refractivity contribution in [1.29, 1.82) is 0 Å². The number of aromatic nitrogens is 4. The third kappa shape index (κ3) is 4.47. The van der Waals surface area contributed by atoms with Gasteiger partial charge < -0.3 is 5.32 Å². The molecule has 2 aromatic carbocycles. The van der Waals surface area contributed by atoms with E-state index in [-0.39, 0.29) is 16.5 Å². The molecule has 9 nitrogen and oxygen atoms in total. The van der Waals surface area contributed by atoms with E-state index in [2.05, 4.69) is 25.6 Å². The third-order valence-corrected chi connectivity index (χ3v) is 6.42. The van der Waals surface area contributed by atoms with Crippen LogP contribution in [0.1, 0.15) is 23.2 Å². The first-order valence-corrected chi connectivity index (χ1v) is 11.5. The summed E-state index contributed by atoms with van der Waals surface area (Å²) >= 11 is 1.40. The summed E-state index contributed by atoms with van der Waals surface area (Å²) < 4.78 is 29.0. The van der Waals surface area contributed by atoms with Crippen molar-refractivity contribution in [1.82, 2.24) is 24.9 Å². The first kappa shape index (κ1) is 19.6. The average molecular weight is 431 g/mol. The number of thioether (sulfide) groups is 1. The SMILES string of the molecule is CSc1nnnn1-c1cccc(NC(=O)c2cccc(S(=O)(=O)NC3CC3)c2)c1. The maximum atomic E-state index is 12.7. The Morgan fingerprint density at radius 1 is 1.17 bits per heavy atom. The standard InChI is InChI=1S/C18H18N6O3S2/c1-28-18-20-22-23-24(18)15-6-3-5-14(11-15)19-17(25)12-4-2-7-16(10-12)29(26,27)21-13-8-9-13/h2-7,10-11,13,21H,8-9H2,1H3,(H,19,25). The number of tetrazole rings is 1. The number of rotatable bonds is 7. The van der Waals surface area contributed by atoms with Gasteiger partial charge in [0, 0.05) is 17.3 Å². The van der Waals surface area contributed by atoms with Gasteiger partial charge in [0.05, 0.1) is 10.6 Å². The molecule has 3 aromatic rings. The van der Waals surface area contributed by atoms with E-state index in [9.17, 15) is 13.2 Å². The van der Waals surface area contributed by atoms with E-state index < -0.39 is 15.9 Å². The lowest BCUT2D eigenvalue weighted by molar-refractivity contribution is 0.102. The molecule has 0 atom stereocenters. The molecule has 1 aliphatic carbocycles. The number of anilines is 1. The Hall–Kier alpha value is -2.76. The van der Waals surface area contributed by atoms with Gasteiger partial charge in [-0.2, -0.15) is 4.68 Å². The molecule has 0 radical (unpaired) electrons. The summed E-state index contributed by atoms with van der Waals surface area (Å²) in [5, 5.41) is 14.9.